The molecule has 0 aromatic carbocycles. The van der Waals surface area contributed by atoms with Crippen LogP contribution in [-0.4, -0.2) is 35.1 Å². The highest BCUT2D eigenvalue weighted by Gasteiger charge is 2.41. The number of rotatable bonds is 5. The molecule has 0 aliphatic carbocycles. The molecule has 2 amide bonds. The third-order valence-corrected chi connectivity index (χ3v) is 3.30. The summed E-state index contributed by atoms with van der Waals surface area (Å²) in [5.74, 6) is -2.13. The van der Waals surface area contributed by atoms with Crippen molar-refractivity contribution in [3.8, 4) is 0 Å². The number of ether oxygens (including phenoxy) is 1. The summed E-state index contributed by atoms with van der Waals surface area (Å²) < 4.78 is 9.74. The van der Waals surface area contributed by atoms with Gasteiger partial charge in [0.2, 0.25) is 0 Å². The van der Waals surface area contributed by atoms with Gasteiger partial charge in [0.15, 0.2) is 5.82 Å². The van der Waals surface area contributed by atoms with Crippen LogP contribution >= 0.6 is 0 Å². The lowest BCUT2D eigenvalue weighted by atomic mass is 9.88. The van der Waals surface area contributed by atoms with Crippen LogP contribution in [0.4, 0.5) is 5.82 Å². The lowest BCUT2D eigenvalue weighted by Gasteiger charge is -2.31. The molecule has 1 unspecified atom stereocenters. The molecule has 1 atom stereocenters. The molecule has 1 rings (SSSR count). The summed E-state index contributed by atoms with van der Waals surface area (Å²) in [7, 11) is 0. The standard InChI is InChI=1S/C14H21N3O5/c1-6-21-13(20)14(5,8(2)3)16-12(19)11(18)15-10-7-9(4)22-17-10/h7-8H,6H2,1-5H3,(H,16,19)(H,15,17,18). The second-order valence-electron chi connectivity index (χ2n) is 5.31. The predicted octanol–water partition coefficient (Wildman–Crippen LogP) is 1.02. The number of nitrogens with one attached hydrogen (secondary N) is 2. The fourth-order valence-electron chi connectivity index (χ4n) is 1.60. The smallest absolute Gasteiger partial charge is 0.331 e. The van der Waals surface area contributed by atoms with Gasteiger partial charge in [-0.15, -0.1) is 0 Å². The Kier molecular flexibility index (Phi) is 5.67. The predicted molar refractivity (Wildman–Crippen MR) is 77.9 cm³/mol. The maximum atomic E-state index is 12.0. The molecular weight excluding hydrogens is 290 g/mol. The molecule has 0 radical (unpaired) electrons. The topological polar surface area (TPSA) is 111 Å². The van der Waals surface area contributed by atoms with E-state index in [0.29, 0.717) is 5.76 Å². The van der Waals surface area contributed by atoms with Gasteiger partial charge in [0.1, 0.15) is 11.3 Å². The molecule has 0 bridgehead atoms. The Morgan fingerprint density at radius 2 is 2.00 bits per heavy atom. The molecule has 2 N–H and O–H groups in total. The second-order valence-corrected chi connectivity index (χ2v) is 5.31. The summed E-state index contributed by atoms with van der Waals surface area (Å²) in [5, 5.41) is 8.26. The van der Waals surface area contributed by atoms with Gasteiger partial charge in [0.05, 0.1) is 6.61 Å². The Morgan fingerprint density at radius 3 is 2.45 bits per heavy atom. The van der Waals surface area contributed by atoms with Crippen molar-refractivity contribution in [3.63, 3.8) is 0 Å². The van der Waals surface area contributed by atoms with Crippen LogP contribution in [0.15, 0.2) is 10.6 Å². The monoisotopic (exact) mass is 311 g/mol. The first-order valence-corrected chi connectivity index (χ1v) is 6.94. The summed E-state index contributed by atoms with van der Waals surface area (Å²) in [6.07, 6.45) is 0. The van der Waals surface area contributed by atoms with Gasteiger partial charge >= 0.3 is 17.8 Å². The van der Waals surface area contributed by atoms with E-state index in [-0.39, 0.29) is 18.3 Å². The van der Waals surface area contributed by atoms with Gasteiger partial charge in [0, 0.05) is 6.07 Å². The number of carbonyl (C=O) groups is 3. The largest absolute Gasteiger partial charge is 0.464 e. The fourth-order valence-corrected chi connectivity index (χ4v) is 1.60. The zero-order valence-corrected chi connectivity index (χ0v) is 13.4. The molecule has 8 nitrogen and oxygen atoms in total. The van der Waals surface area contributed by atoms with Gasteiger partial charge in [-0.2, -0.15) is 0 Å². The SMILES string of the molecule is CCOC(=O)C(C)(NC(=O)C(=O)Nc1cc(C)on1)C(C)C. The molecule has 1 aromatic heterocycles. The summed E-state index contributed by atoms with van der Waals surface area (Å²) in [4.78, 5) is 35.9. The minimum absolute atomic E-state index is 0.125. The van der Waals surface area contributed by atoms with E-state index in [1.54, 1.807) is 27.7 Å². The van der Waals surface area contributed by atoms with Crippen LogP contribution in [-0.2, 0) is 19.1 Å². The second kappa shape index (κ2) is 7.06. The average Bonchev–Trinajstić information content (AvgIpc) is 2.83. The van der Waals surface area contributed by atoms with Crippen LogP contribution in [0.25, 0.3) is 0 Å². The van der Waals surface area contributed by atoms with Crippen LogP contribution in [0.1, 0.15) is 33.5 Å². The Balaban J connectivity index is 2.78. The molecule has 1 heterocycles. The Hall–Kier alpha value is -2.38. The van der Waals surface area contributed by atoms with Gasteiger partial charge in [-0.05, 0) is 26.7 Å². The fraction of sp³-hybridized carbons (Fsp3) is 0.571. The Labute approximate surface area is 128 Å². The highest BCUT2D eigenvalue weighted by atomic mass is 16.5. The van der Waals surface area contributed by atoms with Crippen molar-refractivity contribution in [2.45, 2.75) is 40.2 Å². The van der Waals surface area contributed by atoms with Crippen molar-refractivity contribution < 1.29 is 23.6 Å². The third-order valence-electron chi connectivity index (χ3n) is 3.30. The molecular formula is C14H21N3O5. The number of hydrogen-bond donors (Lipinski definition) is 2. The summed E-state index contributed by atoms with van der Waals surface area (Å²) >= 11 is 0. The third kappa shape index (κ3) is 4.06. The molecule has 0 aliphatic rings. The van der Waals surface area contributed by atoms with E-state index in [1.807, 2.05) is 0 Å². The van der Waals surface area contributed by atoms with Crippen molar-refractivity contribution in [1.29, 1.82) is 0 Å². The van der Waals surface area contributed by atoms with E-state index in [4.69, 9.17) is 9.26 Å². The molecule has 1 aromatic rings. The van der Waals surface area contributed by atoms with Crippen LogP contribution in [0.3, 0.4) is 0 Å². The van der Waals surface area contributed by atoms with Crippen molar-refractivity contribution in [2.75, 3.05) is 11.9 Å². The van der Waals surface area contributed by atoms with E-state index in [1.165, 1.54) is 13.0 Å². The molecule has 22 heavy (non-hydrogen) atoms. The highest BCUT2D eigenvalue weighted by Crippen LogP contribution is 2.18. The van der Waals surface area contributed by atoms with Crippen molar-refractivity contribution >= 4 is 23.6 Å². The summed E-state index contributed by atoms with van der Waals surface area (Å²) in [5.41, 5.74) is -1.30. The lowest BCUT2D eigenvalue weighted by Crippen LogP contribution is -2.58. The first-order chi connectivity index (χ1) is 10.2. The van der Waals surface area contributed by atoms with E-state index in [2.05, 4.69) is 15.8 Å². The molecule has 0 spiro atoms. The summed E-state index contributed by atoms with van der Waals surface area (Å²) in [6.45, 7) is 8.51. The first kappa shape index (κ1) is 17.7. The Morgan fingerprint density at radius 1 is 1.36 bits per heavy atom. The molecule has 0 aliphatic heterocycles. The first-order valence-electron chi connectivity index (χ1n) is 6.94. The number of esters is 1. The van der Waals surface area contributed by atoms with E-state index in [9.17, 15) is 14.4 Å². The molecule has 122 valence electrons. The number of amides is 2. The average molecular weight is 311 g/mol. The van der Waals surface area contributed by atoms with Crippen molar-refractivity contribution in [2.24, 2.45) is 5.92 Å². The van der Waals surface area contributed by atoms with Crippen molar-refractivity contribution in [1.82, 2.24) is 10.5 Å². The number of anilines is 1. The number of nitrogens with zero attached hydrogens (tertiary/aromatic N) is 1. The van der Waals surface area contributed by atoms with Gasteiger partial charge in [-0.25, -0.2) is 4.79 Å². The van der Waals surface area contributed by atoms with Crippen LogP contribution < -0.4 is 10.6 Å². The Bertz CT molecular complexity index is 567. The maximum absolute atomic E-state index is 12.0. The van der Waals surface area contributed by atoms with Gasteiger partial charge < -0.3 is 14.6 Å². The zero-order valence-electron chi connectivity index (χ0n) is 13.4. The highest BCUT2D eigenvalue weighted by molar-refractivity contribution is 6.40. The minimum atomic E-state index is -1.30. The molecule has 0 fully saturated rings. The van der Waals surface area contributed by atoms with Gasteiger partial charge in [-0.1, -0.05) is 19.0 Å². The number of hydrogen-bond acceptors (Lipinski definition) is 6. The van der Waals surface area contributed by atoms with Gasteiger partial charge in [-0.3, -0.25) is 14.9 Å². The number of carbonyl (C=O) groups excluding carboxylic acids is 3. The number of aryl methyl sites for hydroxylation is 1. The van der Waals surface area contributed by atoms with Gasteiger partial charge in [0.25, 0.3) is 0 Å². The maximum Gasteiger partial charge on any atom is 0.331 e. The van der Waals surface area contributed by atoms with E-state index < -0.39 is 23.3 Å². The minimum Gasteiger partial charge on any atom is -0.464 e. The zero-order chi connectivity index (χ0) is 16.9. The quantitative estimate of drug-likeness (QED) is 0.620. The van der Waals surface area contributed by atoms with Crippen LogP contribution in [0, 0.1) is 12.8 Å². The van der Waals surface area contributed by atoms with Crippen LogP contribution in [0.2, 0.25) is 0 Å². The molecule has 0 saturated carbocycles. The van der Waals surface area contributed by atoms with E-state index >= 15 is 0 Å². The molecule has 8 heteroatoms. The van der Waals surface area contributed by atoms with Crippen LogP contribution in [0.5, 0.6) is 0 Å². The van der Waals surface area contributed by atoms with Crippen molar-refractivity contribution in [3.05, 3.63) is 11.8 Å². The molecule has 0 saturated heterocycles. The lowest BCUT2D eigenvalue weighted by molar-refractivity contribution is -0.155. The number of aromatic nitrogens is 1. The van der Waals surface area contributed by atoms with E-state index in [0.717, 1.165) is 0 Å². The normalized spacial score (nSPS) is 13.4. The summed E-state index contributed by atoms with van der Waals surface area (Å²) in [6, 6.07) is 1.47.